The molecule has 2 aromatic rings. The number of pyridine rings is 1. The van der Waals surface area contributed by atoms with Gasteiger partial charge in [-0.15, -0.1) is 0 Å². The molecule has 0 unspecified atom stereocenters. The Bertz CT molecular complexity index is 623. The van der Waals surface area contributed by atoms with Crippen molar-refractivity contribution in [3.05, 3.63) is 42.1 Å². The molecule has 1 saturated carbocycles. The summed E-state index contributed by atoms with van der Waals surface area (Å²) in [5, 5.41) is 10.1. The van der Waals surface area contributed by atoms with E-state index in [9.17, 15) is 4.79 Å². The van der Waals surface area contributed by atoms with Crippen molar-refractivity contribution in [1.29, 1.82) is 0 Å². The number of aliphatic hydroxyl groups is 1. The number of fused-ring (bicyclic) bond motifs is 1. The summed E-state index contributed by atoms with van der Waals surface area (Å²) >= 11 is 0. The largest absolute Gasteiger partial charge is 0.395 e. The molecule has 1 aliphatic rings. The lowest BCUT2D eigenvalue weighted by atomic mass is 9.91. The summed E-state index contributed by atoms with van der Waals surface area (Å²) in [5.74, 6) is 0.00880. The highest BCUT2D eigenvalue weighted by Gasteiger charge is 2.28. The van der Waals surface area contributed by atoms with E-state index in [1.807, 2.05) is 30.3 Å². The van der Waals surface area contributed by atoms with Crippen LogP contribution >= 0.6 is 0 Å². The molecule has 1 heterocycles. The minimum atomic E-state index is 0.00880. The molecular weight excluding hydrogens is 252 g/mol. The maximum absolute atomic E-state index is 12.6. The van der Waals surface area contributed by atoms with Crippen LogP contribution < -0.4 is 0 Å². The van der Waals surface area contributed by atoms with Crippen LogP contribution in [0.25, 0.3) is 10.9 Å². The first kappa shape index (κ1) is 13.1. The highest BCUT2D eigenvalue weighted by Crippen LogP contribution is 2.26. The Morgan fingerprint density at radius 3 is 2.90 bits per heavy atom. The summed E-state index contributed by atoms with van der Waals surface area (Å²) in [7, 11) is 0. The highest BCUT2D eigenvalue weighted by molar-refractivity contribution is 5.98. The summed E-state index contributed by atoms with van der Waals surface area (Å²) in [4.78, 5) is 18.7. The van der Waals surface area contributed by atoms with Gasteiger partial charge in [-0.25, -0.2) is 0 Å². The van der Waals surface area contributed by atoms with Crippen LogP contribution in [0.4, 0.5) is 0 Å². The first-order chi connectivity index (χ1) is 9.79. The number of hydrogen-bond acceptors (Lipinski definition) is 3. The second-order valence-electron chi connectivity index (χ2n) is 5.22. The highest BCUT2D eigenvalue weighted by atomic mass is 16.3. The van der Waals surface area contributed by atoms with Gasteiger partial charge in [-0.2, -0.15) is 0 Å². The molecule has 0 saturated heterocycles. The van der Waals surface area contributed by atoms with E-state index in [1.165, 1.54) is 6.42 Å². The van der Waals surface area contributed by atoms with Crippen LogP contribution in [0.2, 0.25) is 0 Å². The number of aliphatic hydroxyl groups excluding tert-OH is 1. The molecule has 0 spiro atoms. The molecule has 20 heavy (non-hydrogen) atoms. The molecule has 0 radical (unpaired) electrons. The Kier molecular flexibility index (Phi) is 3.65. The van der Waals surface area contributed by atoms with Gasteiger partial charge < -0.3 is 10.0 Å². The van der Waals surface area contributed by atoms with Gasteiger partial charge in [-0.3, -0.25) is 9.78 Å². The van der Waals surface area contributed by atoms with Crippen molar-refractivity contribution in [1.82, 2.24) is 9.88 Å². The number of carbonyl (C=O) groups is 1. The lowest BCUT2D eigenvalue weighted by Crippen LogP contribution is -2.45. The molecule has 3 rings (SSSR count). The summed E-state index contributed by atoms with van der Waals surface area (Å²) in [5.41, 5.74) is 1.56. The van der Waals surface area contributed by atoms with Gasteiger partial charge in [0.05, 0.1) is 12.1 Å². The summed E-state index contributed by atoms with van der Waals surface area (Å²) in [6.07, 6.45) is 5.00. The lowest BCUT2D eigenvalue weighted by Gasteiger charge is -2.37. The van der Waals surface area contributed by atoms with E-state index < -0.39 is 0 Å². The fraction of sp³-hybridized carbons (Fsp3) is 0.375. The molecule has 0 bridgehead atoms. The van der Waals surface area contributed by atoms with Crippen molar-refractivity contribution in [2.45, 2.75) is 25.3 Å². The van der Waals surface area contributed by atoms with Crippen LogP contribution in [0.3, 0.4) is 0 Å². The molecule has 4 nitrogen and oxygen atoms in total. The first-order valence-corrected chi connectivity index (χ1v) is 7.06. The molecule has 1 aromatic heterocycles. The van der Waals surface area contributed by atoms with Crippen LogP contribution in [0.1, 0.15) is 29.6 Å². The SMILES string of the molecule is O=C(c1ccc2ncccc2c1)N(CCO)C1CCC1. The van der Waals surface area contributed by atoms with E-state index in [-0.39, 0.29) is 12.5 Å². The van der Waals surface area contributed by atoms with E-state index >= 15 is 0 Å². The Hall–Kier alpha value is -1.94. The average molecular weight is 270 g/mol. The Morgan fingerprint density at radius 1 is 1.35 bits per heavy atom. The van der Waals surface area contributed by atoms with Crippen molar-refractivity contribution in [3.63, 3.8) is 0 Å². The molecule has 1 aromatic carbocycles. The van der Waals surface area contributed by atoms with Crippen LogP contribution in [0.5, 0.6) is 0 Å². The van der Waals surface area contributed by atoms with E-state index in [0.29, 0.717) is 18.2 Å². The van der Waals surface area contributed by atoms with Crippen molar-refractivity contribution < 1.29 is 9.90 Å². The van der Waals surface area contributed by atoms with Gasteiger partial charge in [0.25, 0.3) is 5.91 Å². The Morgan fingerprint density at radius 2 is 2.20 bits per heavy atom. The van der Waals surface area contributed by atoms with E-state index in [0.717, 1.165) is 23.7 Å². The predicted molar refractivity (Wildman–Crippen MR) is 77.5 cm³/mol. The molecule has 1 aliphatic carbocycles. The third kappa shape index (κ3) is 2.39. The third-order valence-electron chi connectivity index (χ3n) is 3.97. The van der Waals surface area contributed by atoms with Crippen LogP contribution in [0.15, 0.2) is 36.5 Å². The van der Waals surface area contributed by atoms with E-state index in [1.54, 1.807) is 11.1 Å². The van der Waals surface area contributed by atoms with E-state index in [2.05, 4.69) is 4.98 Å². The summed E-state index contributed by atoms with van der Waals surface area (Å²) in [6, 6.07) is 9.70. The van der Waals surface area contributed by atoms with Gasteiger partial charge in [0.2, 0.25) is 0 Å². The van der Waals surface area contributed by atoms with Crippen molar-refractivity contribution in [2.24, 2.45) is 0 Å². The molecule has 1 N–H and O–H groups in total. The van der Waals surface area contributed by atoms with E-state index in [4.69, 9.17) is 5.11 Å². The number of amides is 1. The Balaban J connectivity index is 1.89. The molecule has 4 heteroatoms. The lowest BCUT2D eigenvalue weighted by molar-refractivity contribution is 0.0526. The number of nitrogens with zero attached hydrogens (tertiary/aromatic N) is 2. The molecular formula is C16H18N2O2. The number of aromatic nitrogens is 1. The zero-order valence-electron chi connectivity index (χ0n) is 11.3. The fourth-order valence-electron chi connectivity index (χ4n) is 2.63. The van der Waals surface area contributed by atoms with Gasteiger partial charge in [0.1, 0.15) is 0 Å². The van der Waals surface area contributed by atoms with Crippen molar-refractivity contribution in [3.8, 4) is 0 Å². The van der Waals surface area contributed by atoms with Gasteiger partial charge in [-0.1, -0.05) is 6.07 Å². The van der Waals surface area contributed by atoms with Crippen LogP contribution in [-0.4, -0.2) is 40.1 Å². The van der Waals surface area contributed by atoms with Crippen molar-refractivity contribution in [2.75, 3.05) is 13.2 Å². The van der Waals surface area contributed by atoms with Gasteiger partial charge in [0.15, 0.2) is 0 Å². The maximum Gasteiger partial charge on any atom is 0.254 e. The molecule has 0 aliphatic heterocycles. The van der Waals surface area contributed by atoms with Crippen molar-refractivity contribution >= 4 is 16.8 Å². The molecule has 1 amide bonds. The monoisotopic (exact) mass is 270 g/mol. The standard InChI is InChI=1S/C16H18N2O2/c19-10-9-18(14-4-1-5-14)16(20)13-6-7-15-12(11-13)3-2-8-17-15/h2-3,6-8,11,14,19H,1,4-5,9-10H2. The minimum Gasteiger partial charge on any atom is -0.395 e. The molecule has 0 atom stereocenters. The Labute approximate surface area is 118 Å². The quantitative estimate of drug-likeness (QED) is 0.926. The second-order valence-corrected chi connectivity index (χ2v) is 5.22. The zero-order valence-corrected chi connectivity index (χ0v) is 11.3. The zero-order chi connectivity index (χ0) is 13.9. The summed E-state index contributed by atoms with van der Waals surface area (Å²) < 4.78 is 0. The minimum absolute atomic E-state index is 0.00880. The third-order valence-corrected chi connectivity index (χ3v) is 3.97. The van der Waals surface area contributed by atoms with Gasteiger partial charge >= 0.3 is 0 Å². The van der Waals surface area contributed by atoms with Gasteiger partial charge in [0, 0.05) is 29.7 Å². The van der Waals surface area contributed by atoms with Gasteiger partial charge in [-0.05, 0) is 43.5 Å². The molecule has 104 valence electrons. The first-order valence-electron chi connectivity index (χ1n) is 7.06. The van der Waals surface area contributed by atoms with Crippen LogP contribution in [-0.2, 0) is 0 Å². The summed E-state index contributed by atoms with van der Waals surface area (Å²) in [6.45, 7) is 0.423. The predicted octanol–water partition coefficient (Wildman–Crippen LogP) is 2.22. The fourth-order valence-corrected chi connectivity index (χ4v) is 2.63. The second kappa shape index (κ2) is 5.59. The molecule has 1 fully saturated rings. The van der Waals surface area contributed by atoms with Crippen LogP contribution in [0, 0.1) is 0 Å². The number of rotatable bonds is 4. The smallest absolute Gasteiger partial charge is 0.254 e. The number of hydrogen-bond donors (Lipinski definition) is 1. The number of carbonyl (C=O) groups excluding carboxylic acids is 1. The number of benzene rings is 1. The average Bonchev–Trinajstić information content (AvgIpc) is 2.43. The maximum atomic E-state index is 12.6. The topological polar surface area (TPSA) is 53.4 Å². The normalized spacial score (nSPS) is 15.1.